The lowest BCUT2D eigenvalue weighted by atomic mass is 10.1. The molecule has 0 fully saturated rings. The lowest BCUT2D eigenvalue weighted by Gasteiger charge is -2.18. The molecule has 1 atom stereocenters. The second-order valence-electron chi connectivity index (χ2n) is 12.5. The molecule has 0 N–H and O–H groups in total. The van der Waals surface area contributed by atoms with Crippen LogP contribution in [0.25, 0.3) is 0 Å². The highest BCUT2D eigenvalue weighted by Crippen LogP contribution is 2.12. The van der Waals surface area contributed by atoms with Gasteiger partial charge in [0.2, 0.25) is 0 Å². The van der Waals surface area contributed by atoms with E-state index < -0.39 is 6.10 Å². The SMILES string of the molecule is CCCCCC/C=C\CCCC(=O)OCC(COC(=O)CCCCCCCCCCC)OC(=O)CCC/C=C\CCCCCC. The van der Waals surface area contributed by atoms with Gasteiger partial charge in [0.25, 0.3) is 0 Å². The molecule has 0 saturated carbocycles. The quantitative estimate of drug-likeness (QED) is 0.0309. The van der Waals surface area contributed by atoms with Gasteiger partial charge in [-0.05, 0) is 57.8 Å². The molecule has 6 heteroatoms. The highest BCUT2D eigenvalue weighted by molar-refractivity contribution is 5.71. The molecule has 6 nitrogen and oxygen atoms in total. The van der Waals surface area contributed by atoms with Gasteiger partial charge in [-0.25, -0.2) is 0 Å². The van der Waals surface area contributed by atoms with Crippen LogP contribution in [0.1, 0.15) is 188 Å². The first-order chi connectivity index (χ1) is 22.0. The third-order valence-corrected chi connectivity index (χ3v) is 7.93. The van der Waals surface area contributed by atoms with E-state index >= 15 is 0 Å². The molecule has 0 heterocycles. The Kier molecular flexibility index (Phi) is 33.1. The van der Waals surface area contributed by atoms with E-state index in [9.17, 15) is 14.4 Å². The minimum atomic E-state index is -0.786. The number of hydrogen-bond acceptors (Lipinski definition) is 6. The average Bonchev–Trinajstić information content (AvgIpc) is 3.03. The smallest absolute Gasteiger partial charge is 0.306 e. The molecule has 0 saturated heterocycles. The normalized spacial score (nSPS) is 12.2. The topological polar surface area (TPSA) is 78.9 Å². The molecule has 0 aromatic carbocycles. The summed E-state index contributed by atoms with van der Waals surface area (Å²) in [5, 5.41) is 0. The van der Waals surface area contributed by atoms with E-state index in [-0.39, 0.29) is 37.5 Å². The number of hydrogen-bond donors (Lipinski definition) is 0. The lowest BCUT2D eigenvalue weighted by Crippen LogP contribution is -2.30. The summed E-state index contributed by atoms with van der Waals surface area (Å²) in [7, 11) is 0. The summed E-state index contributed by atoms with van der Waals surface area (Å²) < 4.78 is 16.5. The zero-order valence-electron chi connectivity index (χ0n) is 29.6. The van der Waals surface area contributed by atoms with Crippen LogP contribution in [-0.4, -0.2) is 37.2 Å². The monoisotopic (exact) mass is 635 g/mol. The fraction of sp³-hybridized carbons (Fsp3) is 0.821. The molecule has 45 heavy (non-hydrogen) atoms. The third kappa shape index (κ3) is 33.1. The van der Waals surface area contributed by atoms with E-state index in [0.717, 1.165) is 44.9 Å². The van der Waals surface area contributed by atoms with Crippen LogP contribution >= 0.6 is 0 Å². The van der Waals surface area contributed by atoms with Crippen LogP contribution in [0.4, 0.5) is 0 Å². The largest absolute Gasteiger partial charge is 0.462 e. The van der Waals surface area contributed by atoms with E-state index in [2.05, 4.69) is 45.1 Å². The number of allylic oxidation sites excluding steroid dienone is 4. The Morgan fingerprint density at radius 3 is 1.20 bits per heavy atom. The van der Waals surface area contributed by atoms with Gasteiger partial charge in [0.1, 0.15) is 13.2 Å². The molecule has 0 aliphatic carbocycles. The average molecular weight is 635 g/mol. The van der Waals surface area contributed by atoms with Crippen LogP contribution < -0.4 is 0 Å². The Bertz CT molecular complexity index is 744. The van der Waals surface area contributed by atoms with Gasteiger partial charge < -0.3 is 14.2 Å². The van der Waals surface area contributed by atoms with Gasteiger partial charge in [0.05, 0.1) is 0 Å². The van der Waals surface area contributed by atoms with Crippen molar-refractivity contribution in [3.05, 3.63) is 24.3 Å². The molecule has 0 aromatic heterocycles. The summed E-state index contributed by atoms with van der Waals surface area (Å²) in [5.74, 6) is -0.972. The van der Waals surface area contributed by atoms with Crippen molar-refractivity contribution in [2.75, 3.05) is 13.2 Å². The van der Waals surface area contributed by atoms with E-state index in [0.29, 0.717) is 25.7 Å². The van der Waals surface area contributed by atoms with Gasteiger partial charge in [0.15, 0.2) is 6.10 Å². The van der Waals surface area contributed by atoms with Gasteiger partial charge in [-0.3, -0.25) is 14.4 Å². The first-order valence-corrected chi connectivity index (χ1v) is 18.8. The maximum Gasteiger partial charge on any atom is 0.306 e. The number of rotatable bonds is 33. The zero-order valence-corrected chi connectivity index (χ0v) is 29.6. The predicted molar refractivity (Wildman–Crippen MR) is 187 cm³/mol. The Balaban J connectivity index is 4.44. The van der Waals surface area contributed by atoms with E-state index in [4.69, 9.17) is 14.2 Å². The van der Waals surface area contributed by atoms with Crippen molar-refractivity contribution in [2.45, 2.75) is 194 Å². The molecule has 0 rings (SSSR count). The van der Waals surface area contributed by atoms with E-state index in [1.54, 1.807) is 0 Å². The fourth-order valence-electron chi connectivity index (χ4n) is 5.03. The lowest BCUT2D eigenvalue weighted by molar-refractivity contribution is -0.167. The Hall–Kier alpha value is -2.11. The van der Waals surface area contributed by atoms with Gasteiger partial charge >= 0.3 is 17.9 Å². The minimum Gasteiger partial charge on any atom is -0.462 e. The van der Waals surface area contributed by atoms with Crippen LogP contribution in [0.15, 0.2) is 24.3 Å². The van der Waals surface area contributed by atoms with Gasteiger partial charge in [-0.1, -0.05) is 135 Å². The molecule has 0 aromatic rings. The zero-order chi connectivity index (χ0) is 33.1. The van der Waals surface area contributed by atoms with E-state index in [1.165, 1.54) is 89.9 Å². The van der Waals surface area contributed by atoms with Crippen molar-refractivity contribution in [3.63, 3.8) is 0 Å². The highest BCUT2D eigenvalue weighted by Gasteiger charge is 2.19. The Morgan fingerprint density at radius 2 is 0.756 bits per heavy atom. The number of carbonyl (C=O) groups excluding carboxylic acids is 3. The summed E-state index contributed by atoms with van der Waals surface area (Å²) in [6, 6.07) is 0. The third-order valence-electron chi connectivity index (χ3n) is 7.93. The van der Waals surface area contributed by atoms with Crippen molar-refractivity contribution in [2.24, 2.45) is 0 Å². The number of unbranched alkanes of at least 4 members (excludes halogenated alkanes) is 18. The Labute approximate surface area is 277 Å². The molecular formula is C39H70O6. The first kappa shape index (κ1) is 42.9. The fourth-order valence-corrected chi connectivity index (χ4v) is 5.03. The van der Waals surface area contributed by atoms with Crippen molar-refractivity contribution in [1.82, 2.24) is 0 Å². The first-order valence-electron chi connectivity index (χ1n) is 18.8. The summed E-state index contributed by atoms with van der Waals surface area (Å²) in [5.41, 5.74) is 0. The minimum absolute atomic E-state index is 0.0896. The molecule has 0 amide bonds. The molecule has 262 valence electrons. The van der Waals surface area contributed by atoms with E-state index in [1.807, 2.05) is 0 Å². The molecule has 0 aliphatic rings. The van der Waals surface area contributed by atoms with Crippen molar-refractivity contribution in [1.29, 1.82) is 0 Å². The summed E-state index contributed by atoms with van der Waals surface area (Å²) in [6.45, 7) is 6.46. The van der Waals surface area contributed by atoms with Crippen LogP contribution in [-0.2, 0) is 28.6 Å². The predicted octanol–water partition coefficient (Wildman–Crippen LogP) is 11.3. The molecule has 0 spiro atoms. The standard InChI is InChI=1S/C39H70O6/c1-4-7-10-13-16-19-22-25-28-31-37(40)43-34-36(45-39(42)33-30-27-24-21-18-15-12-9-6-3)35-44-38(41)32-29-26-23-20-17-14-11-8-5-2/h19,21-22,24,36H,4-18,20,23,25-35H2,1-3H3/b22-19-,24-21-. The van der Waals surface area contributed by atoms with Crippen LogP contribution in [0.5, 0.6) is 0 Å². The molecule has 0 aliphatic heterocycles. The summed E-state index contributed by atoms with van der Waals surface area (Å²) >= 11 is 0. The van der Waals surface area contributed by atoms with Crippen LogP contribution in [0, 0.1) is 0 Å². The van der Waals surface area contributed by atoms with Crippen LogP contribution in [0.2, 0.25) is 0 Å². The Morgan fingerprint density at radius 1 is 0.422 bits per heavy atom. The highest BCUT2D eigenvalue weighted by atomic mass is 16.6. The maximum atomic E-state index is 12.5. The second-order valence-corrected chi connectivity index (χ2v) is 12.5. The van der Waals surface area contributed by atoms with Gasteiger partial charge in [-0.15, -0.1) is 0 Å². The van der Waals surface area contributed by atoms with Gasteiger partial charge in [0, 0.05) is 19.3 Å². The second kappa shape index (κ2) is 34.8. The summed E-state index contributed by atoms with van der Waals surface area (Å²) in [6.07, 6.45) is 34.7. The maximum absolute atomic E-state index is 12.5. The summed E-state index contributed by atoms with van der Waals surface area (Å²) in [4.78, 5) is 37.2. The molecule has 1 unspecified atom stereocenters. The molecular weight excluding hydrogens is 564 g/mol. The molecule has 0 bridgehead atoms. The van der Waals surface area contributed by atoms with Gasteiger partial charge in [-0.2, -0.15) is 0 Å². The number of ether oxygens (including phenoxy) is 3. The number of carbonyl (C=O) groups is 3. The van der Waals surface area contributed by atoms with Crippen molar-refractivity contribution in [3.8, 4) is 0 Å². The van der Waals surface area contributed by atoms with Crippen LogP contribution in [0.3, 0.4) is 0 Å². The van der Waals surface area contributed by atoms with Crippen molar-refractivity contribution < 1.29 is 28.6 Å². The number of esters is 3. The van der Waals surface area contributed by atoms with Crippen molar-refractivity contribution >= 4 is 17.9 Å². The molecule has 0 radical (unpaired) electrons.